The summed E-state index contributed by atoms with van der Waals surface area (Å²) in [4.78, 5) is 23.0. The average Bonchev–Trinajstić information content (AvgIpc) is 2.76. The van der Waals surface area contributed by atoms with Gasteiger partial charge in [-0.1, -0.05) is 13.8 Å². The Morgan fingerprint density at radius 3 is 2.28 bits per heavy atom. The molecule has 1 aliphatic rings. The van der Waals surface area contributed by atoms with Gasteiger partial charge in [0.05, 0.1) is 0 Å². The molecule has 18 heavy (non-hydrogen) atoms. The third kappa shape index (κ3) is 4.29. The van der Waals surface area contributed by atoms with Crippen LogP contribution in [0, 0.1) is 5.92 Å². The van der Waals surface area contributed by atoms with Gasteiger partial charge in [0.25, 0.3) is 5.91 Å². The van der Waals surface area contributed by atoms with Gasteiger partial charge in [-0.15, -0.1) is 0 Å². The first-order valence-electron chi connectivity index (χ1n) is 6.74. The van der Waals surface area contributed by atoms with E-state index in [4.69, 9.17) is 0 Å². The molecule has 1 fully saturated rings. The highest BCUT2D eigenvalue weighted by molar-refractivity contribution is 5.85. The number of aliphatic hydroxyl groups is 1. The number of hydrogen-bond acceptors (Lipinski definition) is 3. The number of amides is 2. The second-order valence-corrected chi connectivity index (χ2v) is 5.29. The maximum absolute atomic E-state index is 11.7. The zero-order chi connectivity index (χ0) is 13.6. The summed E-state index contributed by atoms with van der Waals surface area (Å²) in [7, 11) is 0. The third-order valence-electron chi connectivity index (χ3n) is 3.32. The van der Waals surface area contributed by atoms with Gasteiger partial charge in [0.2, 0.25) is 5.91 Å². The Bertz CT molecular complexity index is 297. The summed E-state index contributed by atoms with van der Waals surface area (Å²) in [5, 5.41) is 15.5. The Kier molecular flexibility index (Phi) is 5.59. The molecule has 0 aromatic rings. The van der Waals surface area contributed by atoms with Crippen molar-refractivity contribution in [2.75, 3.05) is 13.1 Å². The molecule has 0 saturated heterocycles. The molecule has 1 aliphatic carbocycles. The van der Waals surface area contributed by atoms with E-state index < -0.39 is 5.60 Å². The second kappa shape index (κ2) is 6.73. The van der Waals surface area contributed by atoms with Crippen LogP contribution in [0.15, 0.2) is 0 Å². The molecule has 0 aromatic carbocycles. The Hall–Kier alpha value is -1.10. The molecule has 0 spiro atoms. The molecule has 3 N–H and O–H groups in total. The van der Waals surface area contributed by atoms with E-state index in [0.717, 1.165) is 12.8 Å². The zero-order valence-corrected chi connectivity index (χ0v) is 11.3. The lowest BCUT2D eigenvalue weighted by molar-refractivity contribution is -0.139. The molecule has 5 nitrogen and oxygen atoms in total. The van der Waals surface area contributed by atoms with Crippen LogP contribution in [0.1, 0.15) is 46.0 Å². The molecule has 2 amide bonds. The molecule has 1 rings (SSSR count). The summed E-state index contributed by atoms with van der Waals surface area (Å²) >= 11 is 0. The van der Waals surface area contributed by atoms with Crippen molar-refractivity contribution in [3.8, 4) is 0 Å². The van der Waals surface area contributed by atoms with E-state index in [1.54, 1.807) is 0 Å². The quantitative estimate of drug-likeness (QED) is 0.608. The van der Waals surface area contributed by atoms with Gasteiger partial charge in [-0.2, -0.15) is 0 Å². The molecule has 104 valence electrons. The van der Waals surface area contributed by atoms with Gasteiger partial charge in [-0.25, -0.2) is 0 Å². The Morgan fingerprint density at radius 2 is 1.72 bits per heavy atom. The predicted octanol–water partition coefficient (Wildman–Crippen LogP) is 0.570. The van der Waals surface area contributed by atoms with E-state index >= 15 is 0 Å². The van der Waals surface area contributed by atoms with Crippen molar-refractivity contribution in [3.05, 3.63) is 0 Å². The summed E-state index contributed by atoms with van der Waals surface area (Å²) in [6, 6.07) is 0. The average molecular weight is 256 g/mol. The van der Waals surface area contributed by atoms with Crippen LogP contribution in [0.5, 0.6) is 0 Å². The van der Waals surface area contributed by atoms with Crippen molar-refractivity contribution < 1.29 is 14.7 Å². The fraction of sp³-hybridized carbons (Fsp3) is 0.846. The highest BCUT2D eigenvalue weighted by atomic mass is 16.3. The van der Waals surface area contributed by atoms with E-state index in [2.05, 4.69) is 10.6 Å². The van der Waals surface area contributed by atoms with Crippen LogP contribution in [0.2, 0.25) is 0 Å². The first-order valence-corrected chi connectivity index (χ1v) is 6.74. The molecule has 1 saturated carbocycles. The molecule has 0 bridgehead atoms. The number of carbonyl (C=O) groups excluding carboxylic acids is 2. The Labute approximate surface area is 108 Å². The minimum absolute atomic E-state index is 0.0150. The van der Waals surface area contributed by atoms with Crippen molar-refractivity contribution >= 4 is 11.8 Å². The fourth-order valence-electron chi connectivity index (χ4n) is 2.06. The zero-order valence-electron chi connectivity index (χ0n) is 11.3. The molecule has 0 atom stereocenters. The monoisotopic (exact) mass is 256 g/mol. The first kappa shape index (κ1) is 15.0. The summed E-state index contributed by atoms with van der Waals surface area (Å²) in [6.45, 7) is 4.72. The molecular formula is C13H24N2O3. The van der Waals surface area contributed by atoms with Gasteiger partial charge in [-0.05, 0) is 32.1 Å². The van der Waals surface area contributed by atoms with Gasteiger partial charge in [0, 0.05) is 19.0 Å². The third-order valence-corrected chi connectivity index (χ3v) is 3.32. The van der Waals surface area contributed by atoms with Crippen molar-refractivity contribution in [1.82, 2.24) is 10.6 Å². The van der Waals surface area contributed by atoms with E-state index in [1.165, 1.54) is 0 Å². The highest BCUT2D eigenvalue weighted by Crippen LogP contribution is 2.29. The molecule has 5 heteroatoms. The van der Waals surface area contributed by atoms with Gasteiger partial charge in [0.1, 0.15) is 5.60 Å². The van der Waals surface area contributed by atoms with Gasteiger partial charge in [-0.3, -0.25) is 9.59 Å². The molecular weight excluding hydrogens is 232 g/mol. The summed E-state index contributed by atoms with van der Waals surface area (Å²) in [5.41, 5.74) is -1.15. The lowest BCUT2D eigenvalue weighted by Gasteiger charge is -2.20. The number of carbonyl (C=O) groups is 2. The maximum Gasteiger partial charge on any atom is 0.251 e. The fourth-order valence-corrected chi connectivity index (χ4v) is 2.06. The summed E-state index contributed by atoms with van der Waals surface area (Å²) < 4.78 is 0. The minimum Gasteiger partial charge on any atom is -0.380 e. The van der Waals surface area contributed by atoms with Crippen molar-refractivity contribution in [2.24, 2.45) is 5.92 Å². The van der Waals surface area contributed by atoms with E-state index in [1.807, 2.05) is 13.8 Å². The van der Waals surface area contributed by atoms with Gasteiger partial charge in [0.15, 0.2) is 0 Å². The Morgan fingerprint density at radius 1 is 1.17 bits per heavy atom. The molecule has 0 heterocycles. The molecule has 0 radical (unpaired) electrons. The standard InChI is InChI=1S/C13H24N2O3/c1-10(2)11(16)14-8-5-9-15-12(17)13(18)6-3-4-7-13/h10,18H,3-9H2,1-2H3,(H,14,16)(H,15,17). The van der Waals surface area contributed by atoms with Gasteiger partial charge < -0.3 is 15.7 Å². The summed E-state index contributed by atoms with van der Waals surface area (Å²) in [5.74, 6) is -0.260. The first-order chi connectivity index (χ1) is 8.46. The van der Waals surface area contributed by atoms with Crippen LogP contribution in [0.3, 0.4) is 0 Å². The number of rotatable bonds is 6. The van der Waals surface area contributed by atoms with E-state index in [0.29, 0.717) is 32.4 Å². The largest absolute Gasteiger partial charge is 0.380 e. The molecule has 0 unspecified atom stereocenters. The molecule has 0 aromatic heterocycles. The highest BCUT2D eigenvalue weighted by Gasteiger charge is 2.38. The second-order valence-electron chi connectivity index (χ2n) is 5.29. The van der Waals surface area contributed by atoms with E-state index in [9.17, 15) is 14.7 Å². The summed E-state index contributed by atoms with van der Waals surface area (Å²) in [6.07, 6.45) is 3.62. The van der Waals surface area contributed by atoms with Crippen molar-refractivity contribution in [2.45, 2.75) is 51.6 Å². The van der Waals surface area contributed by atoms with Crippen LogP contribution in [0.4, 0.5) is 0 Å². The molecule has 0 aliphatic heterocycles. The van der Waals surface area contributed by atoms with Crippen molar-refractivity contribution in [1.29, 1.82) is 0 Å². The van der Waals surface area contributed by atoms with Crippen molar-refractivity contribution in [3.63, 3.8) is 0 Å². The SMILES string of the molecule is CC(C)C(=O)NCCCNC(=O)C1(O)CCCC1. The minimum atomic E-state index is -1.15. The number of nitrogens with one attached hydrogen (secondary N) is 2. The lowest BCUT2D eigenvalue weighted by Crippen LogP contribution is -2.45. The van der Waals surface area contributed by atoms with Crippen LogP contribution < -0.4 is 10.6 Å². The van der Waals surface area contributed by atoms with Gasteiger partial charge >= 0.3 is 0 Å². The normalized spacial score (nSPS) is 17.8. The van der Waals surface area contributed by atoms with Crippen LogP contribution in [-0.2, 0) is 9.59 Å². The van der Waals surface area contributed by atoms with Crippen LogP contribution >= 0.6 is 0 Å². The van der Waals surface area contributed by atoms with Crippen LogP contribution in [0.25, 0.3) is 0 Å². The number of hydrogen-bond donors (Lipinski definition) is 3. The lowest BCUT2D eigenvalue weighted by atomic mass is 10.0. The Balaban J connectivity index is 2.11. The predicted molar refractivity (Wildman–Crippen MR) is 68.9 cm³/mol. The van der Waals surface area contributed by atoms with Crippen LogP contribution in [-0.4, -0.2) is 35.6 Å². The topological polar surface area (TPSA) is 78.4 Å². The smallest absolute Gasteiger partial charge is 0.251 e. The van der Waals surface area contributed by atoms with E-state index in [-0.39, 0.29) is 17.7 Å². The maximum atomic E-state index is 11.7.